The van der Waals surface area contributed by atoms with E-state index in [1.54, 1.807) is 4.68 Å². The molecule has 1 atom stereocenters. The maximum Gasteiger partial charge on any atom is 0.310 e. The number of anilines is 1. The number of aromatic nitrogens is 3. The third kappa shape index (κ3) is 4.02. The molecule has 0 bridgehead atoms. The number of carbonyl (C=O) groups excluding carboxylic acids is 2. The number of rotatable bonds is 7. The molecule has 1 N–H and O–H groups in total. The van der Waals surface area contributed by atoms with Gasteiger partial charge >= 0.3 is 5.97 Å². The third-order valence-electron chi connectivity index (χ3n) is 4.45. The van der Waals surface area contributed by atoms with E-state index in [0.29, 0.717) is 38.6 Å². The summed E-state index contributed by atoms with van der Waals surface area (Å²) >= 11 is 0. The van der Waals surface area contributed by atoms with Crippen LogP contribution in [-0.4, -0.2) is 39.4 Å². The van der Waals surface area contributed by atoms with Gasteiger partial charge in [-0.3, -0.25) is 14.9 Å². The zero-order chi connectivity index (χ0) is 17.9. The average molecular weight is 344 g/mol. The number of ether oxygens (including phenoxy) is 1. The van der Waals surface area contributed by atoms with Gasteiger partial charge in [-0.15, -0.1) is 17.4 Å². The fourth-order valence-corrected chi connectivity index (χ4v) is 2.89. The molecular weight excluding hydrogens is 324 g/mol. The lowest BCUT2D eigenvalue weighted by atomic mass is 10.0. The highest BCUT2D eigenvalue weighted by molar-refractivity contribution is 5.88. The molecule has 2 aliphatic rings. The fourth-order valence-electron chi connectivity index (χ4n) is 2.89. The molecule has 0 aliphatic carbocycles. The third-order valence-corrected chi connectivity index (χ3v) is 4.45. The molecule has 3 heterocycles. The second-order valence-corrected chi connectivity index (χ2v) is 6.23. The fraction of sp³-hybridized carbons (Fsp3) is 0.625. The maximum absolute atomic E-state index is 12.1. The van der Waals surface area contributed by atoms with Crippen LogP contribution in [0, 0.1) is 18.3 Å². The van der Waals surface area contributed by atoms with E-state index in [0.717, 1.165) is 5.82 Å². The van der Waals surface area contributed by atoms with Crippen molar-refractivity contribution < 1.29 is 14.3 Å². The Kier molecular flexibility index (Phi) is 4.79. The predicted octanol–water partition coefficient (Wildman–Crippen LogP) is 1.31. The summed E-state index contributed by atoms with van der Waals surface area (Å²) in [7, 11) is 1.37. The number of carbonyl (C=O) groups is 2. The summed E-state index contributed by atoms with van der Waals surface area (Å²) in [6, 6.07) is 0. The van der Waals surface area contributed by atoms with E-state index in [4.69, 9.17) is 11.2 Å². The molecule has 25 heavy (non-hydrogen) atoms. The zero-order valence-electron chi connectivity index (χ0n) is 14.1. The number of terminal acetylenes is 1. The van der Waals surface area contributed by atoms with Crippen molar-refractivity contribution in [3.05, 3.63) is 5.82 Å². The van der Waals surface area contributed by atoms with Gasteiger partial charge < -0.3 is 4.74 Å². The van der Waals surface area contributed by atoms with Gasteiger partial charge in [0.25, 0.3) is 0 Å². The molecule has 3 rings (SSSR count). The Morgan fingerprint density at radius 2 is 2.24 bits per heavy atom. The standard InChI is InChI=1S/C16H20N6O3/c1-3-4-8-16(20-21-16)9-7-13(23)18-15-17-12-6-5-11(14(24)25-2)10-22(12)19-15/h1,11H,4-10H2,2H3,(H,18,19,23). The summed E-state index contributed by atoms with van der Waals surface area (Å²) in [5.41, 5.74) is -0.474. The molecule has 9 nitrogen and oxygen atoms in total. The van der Waals surface area contributed by atoms with Crippen molar-refractivity contribution >= 4 is 17.8 Å². The van der Waals surface area contributed by atoms with Crippen LogP contribution in [0.2, 0.25) is 0 Å². The van der Waals surface area contributed by atoms with E-state index in [-0.39, 0.29) is 30.2 Å². The minimum atomic E-state index is -0.474. The number of methoxy groups -OCH3 is 1. The SMILES string of the molecule is C#CCCC1(CCC(=O)Nc2nc3n(n2)CC(C(=O)OC)CC3)N=N1. The van der Waals surface area contributed by atoms with Crippen LogP contribution >= 0.6 is 0 Å². The second-order valence-electron chi connectivity index (χ2n) is 6.23. The Bertz CT molecular complexity index is 742. The number of hydrogen-bond acceptors (Lipinski definition) is 7. The van der Waals surface area contributed by atoms with Gasteiger partial charge in [0.05, 0.1) is 19.6 Å². The molecule has 9 heteroatoms. The van der Waals surface area contributed by atoms with Crippen molar-refractivity contribution in [3.8, 4) is 12.3 Å². The van der Waals surface area contributed by atoms with Gasteiger partial charge in [0.1, 0.15) is 5.82 Å². The summed E-state index contributed by atoms with van der Waals surface area (Å²) in [4.78, 5) is 28.0. The first kappa shape index (κ1) is 17.1. The van der Waals surface area contributed by atoms with Crippen LogP contribution in [0.1, 0.15) is 37.9 Å². The largest absolute Gasteiger partial charge is 0.469 e. The highest BCUT2D eigenvalue weighted by atomic mass is 16.5. The van der Waals surface area contributed by atoms with Crippen molar-refractivity contribution in [1.82, 2.24) is 14.8 Å². The first-order valence-corrected chi connectivity index (χ1v) is 8.24. The van der Waals surface area contributed by atoms with Crippen molar-refractivity contribution in [2.75, 3.05) is 12.4 Å². The summed E-state index contributed by atoms with van der Waals surface area (Å²) in [5, 5.41) is 15.0. The van der Waals surface area contributed by atoms with Crippen LogP contribution in [0.25, 0.3) is 0 Å². The number of nitrogens with zero attached hydrogens (tertiary/aromatic N) is 5. The second kappa shape index (κ2) is 7.01. The molecule has 0 saturated heterocycles. The first-order chi connectivity index (χ1) is 12.0. The van der Waals surface area contributed by atoms with Gasteiger partial charge in [-0.1, -0.05) is 0 Å². The molecule has 0 spiro atoms. The monoisotopic (exact) mass is 344 g/mol. The molecule has 0 radical (unpaired) electrons. The maximum atomic E-state index is 12.1. The van der Waals surface area contributed by atoms with E-state index in [9.17, 15) is 9.59 Å². The van der Waals surface area contributed by atoms with Gasteiger partial charge in [0, 0.05) is 32.1 Å². The number of fused-ring (bicyclic) bond motifs is 1. The molecule has 1 aromatic heterocycles. The lowest BCUT2D eigenvalue weighted by Gasteiger charge is -2.19. The van der Waals surface area contributed by atoms with Gasteiger partial charge in [0.2, 0.25) is 11.9 Å². The molecule has 0 aromatic carbocycles. The molecule has 1 amide bonds. The summed E-state index contributed by atoms with van der Waals surface area (Å²) < 4.78 is 6.43. The van der Waals surface area contributed by atoms with E-state index in [1.165, 1.54) is 7.11 Å². The Morgan fingerprint density at radius 1 is 1.44 bits per heavy atom. The molecule has 1 unspecified atom stereocenters. The molecule has 1 aromatic rings. The van der Waals surface area contributed by atoms with Crippen LogP contribution in [0.3, 0.4) is 0 Å². The number of aryl methyl sites for hydroxylation is 1. The van der Waals surface area contributed by atoms with E-state index >= 15 is 0 Å². The van der Waals surface area contributed by atoms with Crippen molar-refractivity contribution in [2.24, 2.45) is 16.1 Å². The Hall–Kier alpha value is -2.76. The Labute approximate surface area is 145 Å². The molecule has 2 aliphatic heterocycles. The van der Waals surface area contributed by atoms with Gasteiger partial charge in [-0.05, 0) is 6.42 Å². The predicted molar refractivity (Wildman–Crippen MR) is 87.4 cm³/mol. The Morgan fingerprint density at radius 3 is 2.92 bits per heavy atom. The van der Waals surface area contributed by atoms with E-state index < -0.39 is 5.66 Å². The van der Waals surface area contributed by atoms with Gasteiger partial charge in [-0.2, -0.15) is 15.2 Å². The number of nitrogens with one attached hydrogen (secondary N) is 1. The van der Waals surface area contributed by atoms with Crippen LogP contribution in [0.4, 0.5) is 5.95 Å². The Balaban J connectivity index is 1.51. The summed E-state index contributed by atoms with van der Waals surface area (Å²) in [5.74, 6) is 2.91. The highest BCUT2D eigenvalue weighted by Crippen LogP contribution is 2.37. The normalized spacial score (nSPS) is 19.6. The zero-order valence-corrected chi connectivity index (χ0v) is 14.1. The van der Waals surface area contributed by atoms with Crippen molar-refractivity contribution in [1.29, 1.82) is 0 Å². The van der Waals surface area contributed by atoms with Gasteiger partial charge in [-0.25, -0.2) is 4.68 Å². The van der Waals surface area contributed by atoms with Crippen LogP contribution in [0.15, 0.2) is 10.2 Å². The quantitative estimate of drug-likeness (QED) is 0.592. The van der Waals surface area contributed by atoms with Crippen LogP contribution in [0.5, 0.6) is 0 Å². The summed E-state index contributed by atoms with van der Waals surface area (Å²) in [6.07, 6.45) is 8.59. The van der Waals surface area contributed by atoms with Crippen molar-refractivity contribution in [2.45, 2.75) is 50.7 Å². The van der Waals surface area contributed by atoms with E-state index in [1.807, 2.05) is 0 Å². The lowest BCUT2D eigenvalue weighted by Crippen LogP contribution is -2.28. The highest BCUT2D eigenvalue weighted by Gasteiger charge is 2.39. The minimum Gasteiger partial charge on any atom is -0.469 e. The topological polar surface area (TPSA) is 111 Å². The molecule has 0 saturated carbocycles. The van der Waals surface area contributed by atoms with Crippen molar-refractivity contribution in [3.63, 3.8) is 0 Å². The van der Waals surface area contributed by atoms with Crippen LogP contribution < -0.4 is 5.32 Å². The number of hydrogen-bond donors (Lipinski definition) is 1. The average Bonchev–Trinajstić information content (AvgIpc) is 3.28. The number of amides is 1. The lowest BCUT2D eigenvalue weighted by molar-refractivity contribution is -0.146. The first-order valence-electron chi connectivity index (χ1n) is 8.24. The molecule has 132 valence electrons. The smallest absolute Gasteiger partial charge is 0.310 e. The van der Waals surface area contributed by atoms with Gasteiger partial charge in [0.15, 0.2) is 5.66 Å². The van der Waals surface area contributed by atoms with E-state index in [2.05, 4.69) is 31.5 Å². The molecule has 0 fully saturated rings. The van der Waals surface area contributed by atoms with Crippen LogP contribution in [-0.2, 0) is 27.3 Å². The minimum absolute atomic E-state index is 0.190. The molecular formula is C16H20N6O3. The summed E-state index contributed by atoms with van der Waals surface area (Å²) in [6.45, 7) is 0.415. The number of esters is 1.